The van der Waals surface area contributed by atoms with Crippen LogP contribution >= 0.6 is 0 Å². The van der Waals surface area contributed by atoms with E-state index in [0.29, 0.717) is 11.3 Å². The van der Waals surface area contributed by atoms with E-state index in [1.165, 1.54) is 31.4 Å². The lowest BCUT2D eigenvalue weighted by atomic mass is 10.2. The topological polar surface area (TPSA) is 71.3 Å². The fourth-order valence-corrected chi connectivity index (χ4v) is 1.77. The summed E-state index contributed by atoms with van der Waals surface area (Å²) < 4.78 is 36.2. The standard InChI is InChI=1S/C16H12F2N2O3/c1-22-15-6-10(8-19)2-5-14(15)23-9-16(21)20-11-3-4-12(17)13(18)7-11/h2-7H,9H2,1H3,(H,20,21). The van der Waals surface area contributed by atoms with Gasteiger partial charge < -0.3 is 14.8 Å². The number of carbonyl (C=O) groups is 1. The molecule has 0 aliphatic heterocycles. The van der Waals surface area contributed by atoms with Gasteiger partial charge in [-0.3, -0.25) is 4.79 Å². The largest absolute Gasteiger partial charge is 0.493 e. The molecule has 0 heterocycles. The Labute approximate surface area is 131 Å². The maximum absolute atomic E-state index is 13.1. The molecule has 1 N–H and O–H groups in total. The number of methoxy groups -OCH3 is 1. The average Bonchev–Trinajstić information content (AvgIpc) is 2.56. The Morgan fingerprint density at radius 2 is 1.96 bits per heavy atom. The number of carbonyl (C=O) groups excluding carboxylic acids is 1. The minimum atomic E-state index is -1.06. The van der Waals surface area contributed by atoms with Gasteiger partial charge in [-0.15, -0.1) is 0 Å². The average molecular weight is 318 g/mol. The van der Waals surface area contributed by atoms with Gasteiger partial charge in [-0.1, -0.05) is 0 Å². The summed E-state index contributed by atoms with van der Waals surface area (Å²) in [6.45, 7) is -0.360. The van der Waals surface area contributed by atoms with Gasteiger partial charge in [-0.05, 0) is 24.3 Å². The summed E-state index contributed by atoms with van der Waals surface area (Å²) in [5.74, 6) is -2.02. The van der Waals surface area contributed by atoms with Crippen molar-refractivity contribution in [2.45, 2.75) is 0 Å². The van der Waals surface area contributed by atoms with Gasteiger partial charge in [-0.25, -0.2) is 8.78 Å². The number of amides is 1. The van der Waals surface area contributed by atoms with Crippen LogP contribution in [0.2, 0.25) is 0 Å². The first-order valence-electron chi connectivity index (χ1n) is 6.49. The Kier molecular flexibility index (Phi) is 5.10. The number of halogens is 2. The Morgan fingerprint density at radius 1 is 1.17 bits per heavy atom. The highest BCUT2D eigenvalue weighted by Crippen LogP contribution is 2.27. The van der Waals surface area contributed by atoms with Gasteiger partial charge in [-0.2, -0.15) is 5.26 Å². The Bertz CT molecular complexity index is 772. The summed E-state index contributed by atoms with van der Waals surface area (Å²) in [6.07, 6.45) is 0. The highest BCUT2D eigenvalue weighted by atomic mass is 19.2. The van der Waals surface area contributed by atoms with Crippen molar-refractivity contribution in [2.24, 2.45) is 0 Å². The van der Waals surface area contributed by atoms with Crippen LogP contribution in [0.15, 0.2) is 36.4 Å². The van der Waals surface area contributed by atoms with Crippen LogP contribution in [-0.2, 0) is 4.79 Å². The van der Waals surface area contributed by atoms with Crippen molar-refractivity contribution in [3.8, 4) is 17.6 Å². The second-order valence-corrected chi connectivity index (χ2v) is 4.44. The molecule has 7 heteroatoms. The third-order valence-electron chi connectivity index (χ3n) is 2.85. The van der Waals surface area contributed by atoms with E-state index in [1.54, 1.807) is 0 Å². The van der Waals surface area contributed by atoms with Gasteiger partial charge in [0.25, 0.3) is 5.91 Å². The molecule has 0 aromatic heterocycles. The van der Waals surface area contributed by atoms with Gasteiger partial charge in [0.2, 0.25) is 0 Å². The first-order chi connectivity index (χ1) is 11.0. The summed E-state index contributed by atoms with van der Waals surface area (Å²) in [6, 6.07) is 9.47. The number of nitrogens with zero attached hydrogens (tertiary/aromatic N) is 1. The molecule has 23 heavy (non-hydrogen) atoms. The molecular weight excluding hydrogens is 306 g/mol. The van der Waals surface area contributed by atoms with Crippen molar-refractivity contribution in [1.82, 2.24) is 0 Å². The van der Waals surface area contributed by atoms with E-state index in [9.17, 15) is 13.6 Å². The van der Waals surface area contributed by atoms with Crippen LogP contribution in [0.1, 0.15) is 5.56 Å². The zero-order valence-electron chi connectivity index (χ0n) is 12.1. The first kappa shape index (κ1) is 16.2. The van der Waals surface area contributed by atoms with Crippen LogP contribution in [-0.4, -0.2) is 19.6 Å². The Balaban J connectivity index is 1.99. The molecule has 0 unspecified atom stereocenters. The van der Waals surface area contributed by atoms with Crippen LogP contribution in [0.3, 0.4) is 0 Å². The maximum atomic E-state index is 13.1. The van der Waals surface area contributed by atoms with E-state index < -0.39 is 17.5 Å². The lowest BCUT2D eigenvalue weighted by molar-refractivity contribution is -0.118. The number of hydrogen-bond donors (Lipinski definition) is 1. The lowest BCUT2D eigenvalue weighted by Gasteiger charge is -2.11. The molecule has 0 spiro atoms. The zero-order valence-corrected chi connectivity index (χ0v) is 12.1. The summed E-state index contributed by atoms with van der Waals surface area (Å²) in [5.41, 5.74) is 0.504. The molecule has 2 rings (SSSR count). The molecule has 0 aliphatic rings. The van der Waals surface area contributed by atoms with Gasteiger partial charge in [0.15, 0.2) is 29.7 Å². The highest BCUT2D eigenvalue weighted by Gasteiger charge is 2.10. The van der Waals surface area contributed by atoms with Crippen molar-refractivity contribution >= 4 is 11.6 Å². The monoisotopic (exact) mass is 318 g/mol. The molecule has 0 saturated carbocycles. The minimum Gasteiger partial charge on any atom is -0.493 e. The molecule has 0 radical (unpaired) electrons. The molecule has 5 nitrogen and oxygen atoms in total. The summed E-state index contributed by atoms with van der Waals surface area (Å²) >= 11 is 0. The van der Waals surface area contributed by atoms with Crippen LogP contribution in [0.5, 0.6) is 11.5 Å². The summed E-state index contributed by atoms with van der Waals surface area (Å²) in [4.78, 5) is 11.8. The van der Waals surface area contributed by atoms with Crippen LogP contribution < -0.4 is 14.8 Å². The molecule has 0 bridgehead atoms. The maximum Gasteiger partial charge on any atom is 0.262 e. The van der Waals surface area contributed by atoms with Gasteiger partial charge in [0, 0.05) is 17.8 Å². The number of anilines is 1. The normalized spacial score (nSPS) is 9.83. The van der Waals surface area contributed by atoms with E-state index in [-0.39, 0.29) is 18.0 Å². The van der Waals surface area contributed by atoms with Crippen molar-refractivity contribution in [3.05, 3.63) is 53.6 Å². The predicted octanol–water partition coefficient (Wildman–Crippen LogP) is 2.86. The fraction of sp³-hybridized carbons (Fsp3) is 0.125. The quantitative estimate of drug-likeness (QED) is 0.920. The van der Waals surface area contributed by atoms with Crippen molar-refractivity contribution < 1.29 is 23.0 Å². The molecule has 2 aromatic carbocycles. The summed E-state index contributed by atoms with van der Waals surface area (Å²) in [5, 5.41) is 11.2. The molecule has 1 amide bonds. The molecule has 2 aromatic rings. The summed E-state index contributed by atoms with van der Waals surface area (Å²) in [7, 11) is 1.41. The van der Waals surface area contributed by atoms with Crippen LogP contribution in [0.4, 0.5) is 14.5 Å². The van der Waals surface area contributed by atoms with E-state index in [0.717, 1.165) is 12.1 Å². The highest BCUT2D eigenvalue weighted by molar-refractivity contribution is 5.91. The smallest absolute Gasteiger partial charge is 0.262 e. The number of nitrogens with one attached hydrogen (secondary N) is 1. The van der Waals surface area contributed by atoms with Crippen LogP contribution in [0.25, 0.3) is 0 Å². The second kappa shape index (κ2) is 7.22. The molecule has 0 fully saturated rings. The van der Waals surface area contributed by atoms with Gasteiger partial charge in [0.1, 0.15) is 0 Å². The number of benzene rings is 2. The predicted molar refractivity (Wildman–Crippen MR) is 78.2 cm³/mol. The third kappa shape index (κ3) is 4.17. The van der Waals surface area contributed by atoms with E-state index in [4.69, 9.17) is 14.7 Å². The van der Waals surface area contributed by atoms with Crippen LogP contribution in [0, 0.1) is 23.0 Å². The van der Waals surface area contributed by atoms with E-state index in [2.05, 4.69) is 5.32 Å². The van der Waals surface area contributed by atoms with Crippen molar-refractivity contribution in [3.63, 3.8) is 0 Å². The SMILES string of the molecule is COc1cc(C#N)ccc1OCC(=O)Nc1ccc(F)c(F)c1. The molecule has 118 valence electrons. The fourth-order valence-electron chi connectivity index (χ4n) is 1.77. The number of hydrogen-bond acceptors (Lipinski definition) is 4. The number of rotatable bonds is 5. The van der Waals surface area contributed by atoms with Crippen molar-refractivity contribution in [1.29, 1.82) is 5.26 Å². The lowest BCUT2D eigenvalue weighted by Crippen LogP contribution is -2.20. The molecular formula is C16H12F2N2O3. The third-order valence-corrected chi connectivity index (χ3v) is 2.85. The first-order valence-corrected chi connectivity index (χ1v) is 6.49. The molecule has 0 aliphatic carbocycles. The molecule has 0 saturated heterocycles. The van der Waals surface area contributed by atoms with E-state index >= 15 is 0 Å². The Morgan fingerprint density at radius 3 is 2.61 bits per heavy atom. The molecule has 0 atom stereocenters. The number of nitriles is 1. The van der Waals surface area contributed by atoms with Gasteiger partial charge >= 0.3 is 0 Å². The van der Waals surface area contributed by atoms with Crippen molar-refractivity contribution in [2.75, 3.05) is 19.0 Å². The Hall–Kier alpha value is -3.14. The minimum absolute atomic E-state index is 0.115. The van der Waals surface area contributed by atoms with Gasteiger partial charge in [0.05, 0.1) is 18.7 Å². The second-order valence-electron chi connectivity index (χ2n) is 4.44. The van der Waals surface area contributed by atoms with E-state index in [1.807, 2.05) is 6.07 Å². The zero-order chi connectivity index (χ0) is 16.8. The number of ether oxygens (including phenoxy) is 2.